The van der Waals surface area contributed by atoms with Crippen LogP contribution in [0.15, 0.2) is 54.6 Å². The van der Waals surface area contributed by atoms with E-state index in [9.17, 15) is 5.11 Å². The van der Waals surface area contributed by atoms with Gasteiger partial charge in [-0.25, -0.2) is 0 Å². The van der Waals surface area contributed by atoms with E-state index in [4.69, 9.17) is 0 Å². The third kappa shape index (κ3) is 2.76. The molecule has 0 amide bonds. The summed E-state index contributed by atoms with van der Waals surface area (Å²) >= 11 is 0. The van der Waals surface area contributed by atoms with Gasteiger partial charge in [-0.2, -0.15) is 0 Å². The first-order valence-corrected chi connectivity index (χ1v) is 8.82. The smallest absolute Gasteiger partial charge is 0.0592 e. The molecule has 1 aliphatic heterocycles. The highest BCUT2D eigenvalue weighted by Crippen LogP contribution is 2.47. The SMILES string of the molecule is CC(C)[C@@H](CO)N1Cc2ccccc2P1c1ccccc1. The second-order valence-electron chi connectivity index (χ2n) is 5.87. The van der Waals surface area contributed by atoms with Crippen molar-refractivity contribution in [2.45, 2.75) is 26.4 Å². The molecule has 0 radical (unpaired) electrons. The Morgan fingerprint density at radius 1 is 1.05 bits per heavy atom. The lowest BCUT2D eigenvalue weighted by molar-refractivity contribution is 0.156. The number of benzene rings is 2. The minimum atomic E-state index is -0.524. The molecule has 1 N–H and O–H groups in total. The summed E-state index contributed by atoms with van der Waals surface area (Å²) in [6.45, 7) is 5.56. The van der Waals surface area contributed by atoms with Crippen LogP contribution in [0.3, 0.4) is 0 Å². The van der Waals surface area contributed by atoms with E-state index >= 15 is 0 Å². The van der Waals surface area contributed by atoms with Crippen molar-refractivity contribution in [1.82, 2.24) is 4.67 Å². The molecular formula is C18H22NOP. The zero-order chi connectivity index (χ0) is 14.8. The van der Waals surface area contributed by atoms with Crippen molar-refractivity contribution < 1.29 is 5.11 Å². The van der Waals surface area contributed by atoms with Crippen LogP contribution in [0, 0.1) is 5.92 Å². The van der Waals surface area contributed by atoms with Gasteiger partial charge in [-0.1, -0.05) is 68.4 Å². The molecule has 2 atom stereocenters. The van der Waals surface area contributed by atoms with Gasteiger partial charge in [0, 0.05) is 20.7 Å². The zero-order valence-electron chi connectivity index (χ0n) is 12.6. The molecule has 1 unspecified atom stereocenters. The molecule has 21 heavy (non-hydrogen) atoms. The summed E-state index contributed by atoms with van der Waals surface area (Å²) in [4.78, 5) is 0. The average Bonchev–Trinajstić information content (AvgIpc) is 2.87. The number of aliphatic hydroxyl groups is 1. The highest BCUT2D eigenvalue weighted by atomic mass is 31.1. The third-order valence-electron chi connectivity index (χ3n) is 4.15. The molecule has 0 saturated heterocycles. The molecule has 2 aromatic rings. The molecule has 1 aliphatic rings. The van der Waals surface area contributed by atoms with E-state index < -0.39 is 8.07 Å². The fourth-order valence-corrected chi connectivity index (χ4v) is 5.89. The lowest BCUT2D eigenvalue weighted by Gasteiger charge is -2.34. The van der Waals surface area contributed by atoms with Crippen molar-refractivity contribution in [3.8, 4) is 0 Å². The van der Waals surface area contributed by atoms with Crippen LogP contribution in [0.4, 0.5) is 0 Å². The molecule has 3 rings (SSSR count). The number of rotatable bonds is 4. The molecule has 0 fully saturated rings. The van der Waals surface area contributed by atoms with Crippen LogP contribution in [-0.2, 0) is 6.54 Å². The lowest BCUT2D eigenvalue weighted by Crippen LogP contribution is -2.38. The fraction of sp³-hybridized carbons (Fsp3) is 0.333. The quantitative estimate of drug-likeness (QED) is 0.878. The van der Waals surface area contributed by atoms with Gasteiger partial charge >= 0.3 is 0 Å². The van der Waals surface area contributed by atoms with E-state index in [1.807, 2.05) is 0 Å². The third-order valence-corrected chi connectivity index (χ3v) is 6.78. The van der Waals surface area contributed by atoms with E-state index in [0.29, 0.717) is 5.92 Å². The summed E-state index contributed by atoms with van der Waals surface area (Å²) < 4.78 is 2.51. The summed E-state index contributed by atoms with van der Waals surface area (Å²) in [5.74, 6) is 0.443. The number of aliphatic hydroxyl groups excluding tert-OH is 1. The monoisotopic (exact) mass is 299 g/mol. The average molecular weight is 299 g/mol. The standard InChI is InChI=1S/C18H22NOP/c1-14(2)17(13-20)19-12-15-8-6-7-11-18(15)21(19)16-9-4-3-5-10-16/h3-11,14,17,20H,12-13H2,1-2H3/t17-,21?/m1/s1. The second-order valence-corrected chi connectivity index (χ2v) is 8.00. The van der Waals surface area contributed by atoms with E-state index in [1.54, 1.807) is 0 Å². The van der Waals surface area contributed by atoms with Crippen molar-refractivity contribution in [3.05, 3.63) is 60.2 Å². The Labute approximate surface area is 128 Å². The van der Waals surface area contributed by atoms with Gasteiger partial charge < -0.3 is 5.11 Å². The zero-order valence-corrected chi connectivity index (χ0v) is 13.5. The Hall–Kier alpha value is -1.21. The number of hydrogen-bond acceptors (Lipinski definition) is 2. The largest absolute Gasteiger partial charge is 0.395 e. The van der Waals surface area contributed by atoms with Crippen LogP contribution in [0.25, 0.3) is 0 Å². The van der Waals surface area contributed by atoms with Gasteiger partial charge in [0.25, 0.3) is 0 Å². The summed E-state index contributed by atoms with van der Waals surface area (Å²) in [6, 6.07) is 19.7. The molecule has 1 heterocycles. The molecule has 0 saturated carbocycles. The Morgan fingerprint density at radius 2 is 1.71 bits per heavy atom. The van der Waals surface area contributed by atoms with Gasteiger partial charge in [0.1, 0.15) is 0 Å². The van der Waals surface area contributed by atoms with Crippen LogP contribution in [0.2, 0.25) is 0 Å². The van der Waals surface area contributed by atoms with E-state index in [1.165, 1.54) is 16.2 Å². The summed E-state index contributed by atoms with van der Waals surface area (Å²) in [6.07, 6.45) is 0. The molecule has 2 aromatic carbocycles. The first kappa shape index (κ1) is 14.7. The van der Waals surface area contributed by atoms with Gasteiger partial charge in [0.15, 0.2) is 0 Å². The second kappa shape index (κ2) is 6.27. The molecule has 0 bridgehead atoms. The van der Waals surface area contributed by atoms with Crippen LogP contribution in [-0.4, -0.2) is 22.4 Å². The molecular weight excluding hydrogens is 277 g/mol. The number of fused-ring (bicyclic) bond motifs is 1. The minimum absolute atomic E-state index is 0.212. The van der Waals surface area contributed by atoms with Gasteiger partial charge in [-0.05, 0) is 22.1 Å². The summed E-state index contributed by atoms with van der Waals surface area (Å²) in [5.41, 5.74) is 1.41. The topological polar surface area (TPSA) is 23.5 Å². The number of hydrogen-bond donors (Lipinski definition) is 1. The maximum atomic E-state index is 9.87. The normalized spacial score (nSPS) is 19.7. The molecule has 0 aliphatic carbocycles. The number of nitrogens with zero attached hydrogens (tertiary/aromatic N) is 1. The molecule has 3 heteroatoms. The molecule has 2 nitrogen and oxygen atoms in total. The van der Waals surface area contributed by atoms with Crippen LogP contribution in [0.1, 0.15) is 19.4 Å². The van der Waals surface area contributed by atoms with Crippen molar-refractivity contribution in [1.29, 1.82) is 0 Å². The van der Waals surface area contributed by atoms with Crippen molar-refractivity contribution in [2.24, 2.45) is 5.92 Å². The van der Waals surface area contributed by atoms with Crippen molar-refractivity contribution >= 4 is 18.7 Å². The fourth-order valence-electron chi connectivity index (χ4n) is 3.01. The molecule has 0 aromatic heterocycles. The predicted molar refractivity (Wildman–Crippen MR) is 90.3 cm³/mol. The van der Waals surface area contributed by atoms with Crippen LogP contribution in [0.5, 0.6) is 0 Å². The summed E-state index contributed by atoms with van der Waals surface area (Å²) in [5, 5.41) is 12.7. The Morgan fingerprint density at radius 3 is 2.38 bits per heavy atom. The van der Waals surface area contributed by atoms with E-state index in [-0.39, 0.29) is 12.6 Å². The van der Waals surface area contributed by atoms with Crippen molar-refractivity contribution in [3.63, 3.8) is 0 Å². The molecule has 0 spiro atoms. The lowest BCUT2D eigenvalue weighted by atomic mass is 10.1. The van der Waals surface area contributed by atoms with Gasteiger partial charge in [-0.3, -0.25) is 4.67 Å². The maximum Gasteiger partial charge on any atom is 0.0592 e. The highest BCUT2D eigenvalue weighted by molar-refractivity contribution is 7.71. The first-order valence-electron chi connectivity index (χ1n) is 7.53. The molecule has 110 valence electrons. The summed E-state index contributed by atoms with van der Waals surface area (Å²) in [7, 11) is -0.524. The van der Waals surface area contributed by atoms with Crippen molar-refractivity contribution in [2.75, 3.05) is 6.61 Å². The minimum Gasteiger partial charge on any atom is -0.395 e. The predicted octanol–water partition coefficient (Wildman–Crippen LogP) is 2.87. The maximum absolute atomic E-state index is 9.87. The van der Waals surface area contributed by atoms with E-state index in [2.05, 4.69) is 73.1 Å². The highest BCUT2D eigenvalue weighted by Gasteiger charge is 2.36. The van der Waals surface area contributed by atoms with Crippen LogP contribution >= 0.6 is 8.07 Å². The Kier molecular flexibility index (Phi) is 4.40. The van der Waals surface area contributed by atoms with E-state index in [0.717, 1.165) is 6.54 Å². The van der Waals surface area contributed by atoms with Gasteiger partial charge in [0.05, 0.1) is 6.61 Å². The van der Waals surface area contributed by atoms with Crippen LogP contribution < -0.4 is 10.6 Å². The Balaban J connectivity index is 2.05. The van der Waals surface area contributed by atoms with Gasteiger partial charge in [-0.15, -0.1) is 0 Å². The van der Waals surface area contributed by atoms with Gasteiger partial charge in [0.2, 0.25) is 0 Å². The Bertz CT molecular complexity index is 599. The first-order chi connectivity index (χ1) is 10.2.